The molecule has 2 atom stereocenters. The monoisotopic (exact) mass is 403 g/mol. The number of β-lactam (4-membered cyclic amide) rings is 1. The molecule has 4 nitrogen and oxygen atoms in total. The third kappa shape index (κ3) is 3.32. The minimum atomic E-state index is -1.37. The molecule has 29 heavy (non-hydrogen) atoms. The number of hydrogen-bond donors (Lipinski definition) is 0. The first-order valence-corrected chi connectivity index (χ1v) is 10.3. The van der Waals surface area contributed by atoms with Gasteiger partial charge in [-0.05, 0) is 36.8 Å². The second-order valence-corrected chi connectivity index (χ2v) is 8.01. The normalized spacial score (nSPS) is 20.8. The zero-order chi connectivity index (χ0) is 20.3. The van der Waals surface area contributed by atoms with Gasteiger partial charge in [-0.15, -0.1) is 0 Å². The maximum atomic E-state index is 13.6. The Hall–Kier alpha value is -3.05. The lowest BCUT2D eigenvalue weighted by Crippen LogP contribution is -2.71. The molecular weight excluding hydrogens is 382 g/mol. The summed E-state index contributed by atoms with van der Waals surface area (Å²) in [7, 11) is 0. The Balaban J connectivity index is 1.85. The molecule has 0 unspecified atom stereocenters. The molecule has 1 saturated heterocycles. The smallest absolute Gasteiger partial charge is 0.334 e. The van der Waals surface area contributed by atoms with Crippen LogP contribution in [0.1, 0.15) is 18.5 Å². The molecule has 3 aromatic carbocycles. The fourth-order valence-electron chi connectivity index (χ4n) is 3.66. The molecule has 4 rings (SSSR count). The number of carbonyl (C=O) groups is 2. The van der Waals surface area contributed by atoms with E-state index in [1.807, 2.05) is 91.0 Å². The van der Waals surface area contributed by atoms with Crippen LogP contribution in [0.25, 0.3) is 0 Å². The molecule has 0 radical (unpaired) electrons. The molecule has 0 aliphatic carbocycles. The largest absolute Gasteiger partial charge is 0.464 e. The van der Waals surface area contributed by atoms with Gasteiger partial charge >= 0.3 is 5.97 Å². The molecule has 1 heterocycles. The van der Waals surface area contributed by atoms with Crippen molar-refractivity contribution >= 4 is 29.3 Å². The molecule has 0 N–H and O–H groups in total. The highest BCUT2D eigenvalue weighted by Crippen LogP contribution is 2.56. The standard InChI is InChI=1S/C24H21NO3S/c1-2-28-23(27)24(29-20-16-10-5-11-17-20)21(18-12-6-3-7-13-18)25(22(24)26)19-14-8-4-9-15-19/h3-17,21H,2H2,1H3/t21-,24-/m0/s1. The number of hydrogen-bond acceptors (Lipinski definition) is 4. The minimum Gasteiger partial charge on any atom is -0.464 e. The number of ether oxygens (including phenoxy) is 1. The van der Waals surface area contributed by atoms with Gasteiger partial charge in [0.1, 0.15) is 0 Å². The van der Waals surface area contributed by atoms with Gasteiger partial charge in [0.15, 0.2) is 0 Å². The number of para-hydroxylation sites is 1. The van der Waals surface area contributed by atoms with Crippen molar-refractivity contribution in [2.24, 2.45) is 0 Å². The number of nitrogens with zero attached hydrogens (tertiary/aromatic N) is 1. The van der Waals surface area contributed by atoms with E-state index in [1.165, 1.54) is 11.8 Å². The summed E-state index contributed by atoms with van der Waals surface area (Å²) in [6.45, 7) is 1.98. The Bertz CT molecular complexity index is 994. The lowest BCUT2D eigenvalue weighted by atomic mass is 9.80. The Morgan fingerprint density at radius 2 is 1.48 bits per heavy atom. The second kappa shape index (κ2) is 8.13. The Kier molecular flexibility index (Phi) is 5.41. The first kappa shape index (κ1) is 19.3. The summed E-state index contributed by atoms with van der Waals surface area (Å²) < 4.78 is 4.05. The highest BCUT2D eigenvalue weighted by Gasteiger charge is 2.68. The van der Waals surface area contributed by atoms with Crippen molar-refractivity contribution in [1.29, 1.82) is 0 Å². The summed E-state index contributed by atoms with van der Waals surface area (Å²) in [5, 5.41) is 0. The van der Waals surface area contributed by atoms with Gasteiger partial charge in [0.05, 0.1) is 12.6 Å². The lowest BCUT2D eigenvalue weighted by molar-refractivity contribution is -0.154. The summed E-state index contributed by atoms with van der Waals surface area (Å²) in [5.74, 6) is -0.759. The van der Waals surface area contributed by atoms with Crippen LogP contribution in [0.15, 0.2) is 95.9 Å². The van der Waals surface area contributed by atoms with Crippen LogP contribution in [-0.4, -0.2) is 23.2 Å². The van der Waals surface area contributed by atoms with Gasteiger partial charge in [-0.25, -0.2) is 4.79 Å². The van der Waals surface area contributed by atoms with E-state index in [0.29, 0.717) is 0 Å². The molecule has 0 saturated carbocycles. The number of carbonyl (C=O) groups excluding carboxylic acids is 2. The third-order valence-corrected chi connectivity index (χ3v) is 6.32. The van der Waals surface area contributed by atoms with E-state index in [0.717, 1.165) is 16.1 Å². The van der Waals surface area contributed by atoms with E-state index < -0.39 is 16.8 Å². The predicted molar refractivity (Wildman–Crippen MR) is 115 cm³/mol. The molecule has 1 aliphatic heterocycles. The first-order valence-electron chi connectivity index (χ1n) is 9.53. The van der Waals surface area contributed by atoms with Gasteiger partial charge in [0.2, 0.25) is 4.75 Å². The average Bonchev–Trinajstić information content (AvgIpc) is 2.77. The van der Waals surface area contributed by atoms with Crippen LogP contribution in [0.3, 0.4) is 0 Å². The molecule has 5 heteroatoms. The van der Waals surface area contributed by atoms with Gasteiger partial charge < -0.3 is 9.64 Å². The molecule has 0 bridgehead atoms. The Labute approximate surface area is 174 Å². The van der Waals surface area contributed by atoms with E-state index in [9.17, 15) is 9.59 Å². The molecule has 1 fully saturated rings. The molecule has 146 valence electrons. The van der Waals surface area contributed by atoms with Crippen molar-refractivity contribution in [2.45, 2.75) is 22.6 Å². The number of amides is 1. The van der Waals surface area contributed by atoms with Crippen LogP contribution in [0.5, 0.6) is 0 Å². The molecule has 3 aromatic rings. The van der Waals surface area contributed by atoms with Crippen molar-refractivity contribution in [3.05, 3.63) is 96.6 Å². The predicted octanol–water partition coefficient (Wildman–Crippen LogP) is 4.87. The summed E-state index contributed by atoms with van der Waals surface area (Å²) in [6.07, 6.45) is 0. The minimum absolute atomic E-state index is 0.218. The van der Waals surface area contributed by atoms with Crippen molar-refractivity contribution in [1.82, 2.24) is 0 Å². The Morgan fingerprint density at radius 1 is 0.931 bits per heavy atom. The number of thioether (sulfide) groups is 1. The maximum Gasteiger partial charge on any atom is 0.334 e. The van der Waals surface area contributed by atoms with Crippen LogP contribution in [0.4, 0.5) is 5.69 Å². The zero-order valence-electron chi connectivity index (χ0n) is 16.0. The van der Waals surface area contributed by atoms with Crippen molar-refractivity contribution in [3.8, 4) is 0 Å². The summed E-state index contributed by atoms with van der Waals surface area (Å²) in [4.78, 5) is 29.4. The van der Waals surface area contributed by atoms with Crippen LogP contribution < -0.4 is 4.90 Å². The van der Waals surface area contributed by atoms with E-state index in [-0.39, 0.29) is 12.5 Å². The van der Waals surface area contributed by atoms with Gasteiger partial charge in [-0.1, -0.05) is 78.5 Å². The van der Waals surface area contributed by atoms with Gasteiger partial charge in [-0.2, -0.15) is 0 Å². The summed E-state index contributed by atoms with van der Waals surface area (Å²) >= 11 is 1.27. The summed E-state index contributed by atoms with van der Waals surface area (Å²) in [5.41, 5.74) is 1.66. The number of anilines is 1. The highest BCUT2D eigenvalue weighted by atomic mass is 32.2. The van der Waals surface area contributed by atoms with Gasteiger partial charge in [0, 0.05) is 10.6 Å². The second-order valence-electron chi connectivity index (χ2n) is 6.70. The highest BCUT2D eigenvalue weighted by molar-refractivity contribution is 8.02. The average molecular weight is 404 g/mol. The third-order valence-electron chi connectivity index (χ3n) is 4.93. The van der Waals surface area contributed by atoms with Crippen molar-refractivity contribution in [2.75, 3.05) is 11.5 Å². The van der Waals surface area contributed by atoms with Gasteiger partial charge in [0.25, 0.3) is 5.91 Å². The van der Waals surface area contributed by atoms with Crippen molar-refractivity contribution in [3.63, 3.8) is 0 Å². The molecule has 1 amide bonds. The Morgan fingerprint density at radius 3 is 2.07 bits per heavy atom. The van der Waals surface area contributed by atoms with E-state index >= 15 is 0 Å². The SMILES string of the molecule is CCOC(=O)[C@@]1(Sc2ccccc2)C(=O)N(c2ccccc2)[C@H]1c1ccccc1. The van der Waals surface area contributed by atoms with Crippen LogP contribution in [0.2, 0.25) is 0 Å². The van der Waals surface area contributed by atoms with Crippen LogP contribution in [-0.2, 0) is 14.3 Å². The number of benzene rings is 3. The van der Waals surface area contributed by atoms with E-state index in [2.05, 4.69) is 0 Å². The van der Waals surface area contributed by atoms with Crippen LogP contribution in [0, 0.1) is 0 Å². The topological polar surface area (TPSA) is 46.6 Å². The maximum absolute atomic E-state index is 13.6. The molecular formula is C24H21NO3S. The van der Waals surface area contributed by atoms with E-state index in [1.54, 1.807) is 11.8 Å². The molecule has 1 aliphatic rings. The van der Waals surface area contributed by atoms with Crippen LogP contribution >= 0.6 is 11.8 Å². The number of esters is 1. The number of rotatable bonds is 6. The fourth-order valence-corrected chi connectivity index (χ4v) is 5.00. The van der Waals surface area contributed by atoms with Gasteiger partial charge in [-0.3, -0.25) is 4.79 Å². The first-order chi connectivity index (χ1) is 14.2. The molecule has 0 spiro atoms. The quantitative estimate of drug-likeness (QED) is 0.335. The van der Waals surface area contributed by atoms with E-state index in [4.69, 9.17) is 4.74 Å². The fraction of sp³-hybridized carbons (Fsp3) is 0.167. The summed E-state index contributed by atoms with van der Waals surface area (Å²) in [6, 6.07) is 28.2. The molecule has 0 aromatic heterocycles. The lowest BCUT2D eigenvalue weighted by Gasteiger charge is -2.53. The van der Waals surface area contributed by atoms with Crippen molar-refractivity contribution < 1.29 is 14.3 Å². The zero-order valence-corrected chi connectivity index (χ0v) is 16.8.